The van der Waals surface area contributed by atoms with Gasteiger partial charge in [0.15, 0.2) is 0 Å². The van der Waals surface area contributed by atoms with E-state index in [2.05, 4.69) is 4.98 Å². The maximum absolute atomic E-state index is 13.2. The van der Waals surface area contributed by atoms with Gasteiger partial charge in [0.2, 0.25) is 0 Å². The van der Waals surface area contributed by atoms with Gasteiger partial charge in [0.25, 0.3) is 0 Å². The van der Waals surface area contributed by atoms with Gasteiger partial charge in [0.1, 0.15) is 16.9 Å². The summed E-state index contributed by atoms with van der Waals surface area (Å²) >= 11 is 0. The molecule has 15 heavy (non-hydrogen) atoms. The second-order valence-corrected chi connectivity index (χ2v) is 3.03. The molecule has 0 saturated heterocycles. The zero-order valence-electron chi connectivity index (χ0n) is 7.57. The fourth-order valence-electron chi connectivity index (χ4n) is 1.38. The van der Waals surface area contributed by atoms with Crippen molar-refractivity contribution in [3.8, 4) is 0 Å². The summed E-state index contributed by atoms with van der Waals surface area (Å²) in [6, 6.07) is 4.24. The molecule has 0 aliphatic rings. The lowest BCUT2D eigenvalue weighted by Gasteiger charge is -2.04. The van der Waals surface area contributed by atoms with Crippen LogP contribution in [0.4, 0.5) is 10.1 Å². The van der Waals surface area contributed by atoms with Crippen molar-refractivity contribution in [1.82, 2.24) is 4.98 Å². The van der Waals surface area contributed by atoms with Gasteiger partial charge in [-0.05, 0) is 6.07 Å². The third-order valence-corrected chi connectivity index (χ3v) is 2.12. The van der Waals surface area contributed by atoms with Crippen LogP contribution < -0.4 is 5.73 Å². The number of halogens is 1. The van der Waals surface area contributed by atoms with Crippen molar-refractivity contribution in [2.75, 3.05) is 5.73 Å². The number of aromatic carboxylic acids is 1. The maximum atomic E-state index is 13.2. The van der Waals surface area contributed by atoms with Gasteiger partial charge in [-0.15, -0.1) is 0 Å². The Balaban J connectivity index is 2.86. The van der Waals surface area contributed by atoms with Crippen LogP contribution in [0.3, 0.4) is 0 Å². The van der Waals surface area contributed by atoms with Crippen molar-refractivity contribution in [1.29, 1.82) is 0 Å². The van der Waals surface area contributed by atoms with E-state index in [9.17, 15) is 9.18 Å². The Morgan fingerprint density at radius 1 is 1.47 bits per heavy atom. The molecule has 2 rings (SSSR count). The van der Waals surface area contributed by atoms with Crippen LogP contribution in [0.15, 0.2) is 24.4 Å². The molecule has 0 aliphatic carbocycles. The zero-order chi connectivity index (χ0) is 11.0. The van der Waals surface area contributed by atoms with Gasteiger partial charge in [-0.25, -0.2) is 9.18 Å². The SMILES string of the molecule is Nc1c(C(=O)O)cnc2c(F)cccc12. The third kappa shape index (κ3) is 1.38. The fraction of sp³-hybridized carbons (Fsp3) is 0. The molecule has 1 aromatic heterocycles. The number of pyridine rings is 1. The Labute approximate surface area is 84.2 Å². The number of nitrogens with two attached hydrogens (primary N) is 1. The number of hydrogen-bond donors (Lipinski definition) is 2. The van der Waals surface area contributed by atoms with Crippen molar-refractivity contribution in [2.24, 2.45) is 0 Å². The fourth-order valence-corrected chi connectivity index (χ4v) is 1.38. The van der Waals surface area contributed by atoms with E-state index in [1.165, 1.54) is 18.2 Å². The predicted octanol–water partition coefficient (Wildman–Crippen LogP) is 1.65. The summed E-state index contributed by atoms with van der Waals surface area (Å²) in [5.41, 5.74) is 5.60. The van der Waals surface area contributed by atoms with Crippen LogP contribution in [0, 0.1) is 5.82 Å². The topological polar surface area (TPSA) is 76.2 Å². The van der Waals surface area contributed by atoms with Gasteiger partial charge in [-0.2, -0.15) is 0 Å². The van der Waals surface area contributed by atoms with Gasteiger partial charge in [-0.1, -0.05) is 12.1 Å². The molecule has 5 heteroatoms. The van der Waals surface area contributed by atoms with Gasteiger partial charge < -0.3 is 10.8 Å². The lowest BCUT2D eigenvalue weighted by Crippen LogP contribution is -2.04. The number of hydrogen-bond acceptors (Lipinski definition) is 3. The highest BCUT2D eigenvalue weighted by Gasteiger charge is 2.13. The number of fused-ring (bicyclic) bond motifs is 1. The first-order chi connectivity index (χ1) is 7.11. The first kappa shape index (κ1) is 9.39. The molecule has 0 fully saturated rings. The second-order valence-electron chi connectivity index (χ2n) is 3.03. The summed E-state index contributed by atoms with van der Waals surface area (Å²) in [7, 11) is 0. The average Bonchev–Trinajstić information content (AvgIpc) is 2.19. The number of benzene rings is 1. The Hall–Kier alpha value is -2.17. The Bertz CT molecular complexity index is 554. The third-order valence-electron chi connectivity index (χ3n) is 2.12. The number of nitrogen functional groups attached to an aromatic ring is 1. The largest absolute Gasteiger partial charge is 0.478 e. The number of carboxylic acid groups (broad SMARTS) is 1. The molecule has 0 unspecified atom stereocenters. The molecule has 0 spiro atoms. The van der Waals surface area contributed by atoms with Crippen molar-refractivity contribution in [2.45, 2.75) is 0 Å². The number of para-hydroxylation sites is 1. The summed E-state index contributed by atoms with van der Waals surface area (Å²) in [6.07, 6.45) is 1.06. The normalized spacial score (nSPS) is 10.5. The van der Waals surface area contributed by atoms with Crippen LogP contribution in [0.25, 0.3) is 10.9 Å². The Kier molecular flexibility index (Phi) is 2.00. The minimum atomic E-state index is -1.17. The number of rotatable bonds is 1. The summed E-state index contributed by atoms with van der Waals surface area (Å²) in [5, 5.41) is 9.10. The molecule has 76 valence electrons. The minimum absolute atomic E-state index is 0.0343. The molecule has 0 atom stereocenters. The highest BCUT2D eigenvalue weighted by Crippen LogP contribution is 2.24. The maximum Gasteiger partial charge on any atom is 0.339 e. The summed E-state index contributed by atoms with van der Waals surface area (Å²) in [5.74, 6) is -1.69. The van der Waals surface area contributed by atoms with Crippen LogP contribution in [-0.4, -0.2) is 16.1 Å². The van der Waals surface area contributed by atoms with E-state index in [1.54, 1.807) is 0 Å². The highest BCUT2D eigenvalue weighted by molar-refractivity contribution is 6.03. The molecule has 3 N–H and O–H groups in total. The molecule has 1 aromatic carbocycles. The monoisotopic (exact) mass is 206 g/mol. The Morgan fingerprint density at radius 2 is 2.20 bits per heavy atom. The molecule has 4 nitrogen and oxygen atoms in total. The zero-order valence-corrected chi connectivity index (χ0v) is 7.57. The van der Waals surface area contributed by atoms with Gasteiger partial charge in [0.05, 0.1) is 5.69 Å². The summed E-state index contributed by atoms with van der Waals surface area (Å²) in [4.78, 5) is 14.5. The first-order valence-electron chi connectivity index (χ1n) is 4.17. The molecule has 0 bridgehead atoms. The van der Waals surface area contributed by atoms with Gasteiger partial charge in [-0.3, -0.25) is 4.98 Å². The minimum Gasteiger partial charge on any atom is -0.478 e. The quantitative estimate of drug-likeness (QED) is 0.743. The van der Waals surface area contributed by atoms with E-state index in [1.807, 2.05) is 0 Å². The molecule has 0 aliphatic heterocycles. The number of carboxylic acids is 1. The molecule has 1 heterocycles. The number of anilines is 1. The van der Waals surface area contributed by atoms with E-state index >= 15 is 0 Å². The first-order valence-corrected chi connectivity index (χ1v) is 4.17. The summed E-state index contributed by atoms with van der Waals surface area (Å²) in [6.45, 7) is 0. The van der Waals surface area contributed by atoms with Crippen LogP contribution in [0.5, 0.6) is 0 Å². The molecule has 2 aromatic rings. The molecular weight excluding hydrogens is 199 g/mol. The molecular formula is C10H7FN2O2. The smallest absolute Gasteiger partial charge is 0.339 e. The van der Waals surface area contributed by atoms with Crippen LogP contribution in [0.2, 0.25) is 0 Å². The standard InChI is InChI=1S/C10H7FN2O2/c11-7-3-1-2-5-8(12)6(10(14)15)4-13-9(5)7/h1-4H,(H2,12,13)(H,14,15). The highest BCUT2D eigenvalue weighted by atomic mass is 19.1. The number of aromatic nitrogens is 1. The molecule has 0 amide bonds. The Morgan fingerprint density at radius 3 is 2.87 bits per heavy atom. The molecule has 0 saturated carbocycles. The molecule has 0 radical (unpaired) electrons. The van der Waals surface area contributed by atoms with Crippen molar-refractivity contribution in [3.63, 3.8) is 0 Å². The van der Waals surface area contributed by atoms with Crippen LogP contribution in [0.1, 0.15) is 10.4 Å². The van der Waals surface area contributed by atoms with Crippen LogP contribution >= 0.6 is 0 Å². The van der Waals surface area contributed by atoms with Crippen LogP contribution in [-0.2, 0) is 0 Å². The van der Waals surface area contributed by atoms with Gasteiger partial charge >= 0.3 is 5.97 Å². The van der Waals surface area contributed by atoms with Crippen molar-refractivity contribution >= 4 is 22.6 Å². The van der Waals surface area contributed by atoms with Crippen molar-refractivity contribution < 1.29 is 14.3 Å². The predicted molar refractivity (Wildman–Crippen MR) is 53.1 cm³/mol. The van der Waals surface area contributed by atoms with Crippen molar-refractivity contribution in [3.05, 3.63) is 35.8 Å². The van der Waals surface area contributed by atoms with E-state index in [4.69, 9.17) is 10.8 Å². The van der Waals surface area contributed by atoms with E-state index in [-0.39, 0.29) is 16.8 Å². The van der Waals surface area contributed by atoms with E-state index in [0.717, 1.165) is 6.20 Å². The van der Waals surface area contributed by atoms with E-state index in [0.29, 0.717) is 5.39 Å². The number of carbonyl (C=O) groups is 1. The summed E-state index contributed by atoms with van der Waals surface area (Å²) < 4.78 is 13.2. The lowest BCUT2D eigenvalue weighted by molar-refractivity contribution is 0.0698. The van der Waals surface area contributed by atoms with E-state index < -0.39 is 11.8 Å². The second kappa shape index (κ2) is 3.20. The van der Waals surface area contributed by atoms with Gasteiger partial charge in [0, 0.05) is 11.6 Å². The lowest BCUT2D eigenvalue weighted by atomic mass is 10.1. The average molecular weight is 206 g/mol. The number of nitrogens with zero attached hydrogens (tertiary/aromatic N) is 1.